The molecule has 0 atom stereocenters. The van der Waals surface area contributed by atoms with Crippen LogP contribution in [0.25, 0.3) is 0 Å². The number of nitrogens with two attached hydrogens (primary N) is 1. The quantitative estimate of drug-likeness (QED) is 0.878. The molecule has 0 aliphatic rings. The number of nitrogens with zero attached hydrogens (tertiary/aromatic N) is 3. The van der Waals surface area contributed by atoms with Gasteiger partial charge in [-0.25, -0.2) is 4.98 Å². The van der Waals surface area contributed by atoms with Crippen LogP contribution in [-0.4, -0.2) is 21.3 Å². The second-order valence-electron chi connectivity index (χ2n) is 3.45. The summed E-state index contributed by atoms with van der Waals surface area (Å²) < 4.78 is 3.65. The summed E-state index contributed by atoms with van der Waals surface area (Å²) >= 11 is 6.80. The Morgan fingerprint density at radius 2 is 2.18 bits per heavy atom. The fraction of sp³-hybridized carbons (Fsp3) is 0.200. The Kier molecular flexibility index (Phi) is 4.01. The largest absolute Gasteiger partial charge is 0.396 e. The van der Waals surface area contributed by atoms with Crippen molar-refractivity contribution in [3.05, 3.63) is 33.6 Å². The minimum atomic E-state index is 0.674. The van der Waals surface area contributed by atoms with Gasteiger partial charge in [0.25, 0.3) is 0 Å². The predicted molar refractivity (Wildman–Crippen MR) is 74.8 cm³/mol. The van der Waals surface area contributed by atoms with Crippen molar-refractivity contribution in [2.24, 2.45) is 0 Å². The Balaban J connectivity index is 1.90. The van der Waals surface area contributed by atoms with E-state index in [1.807, 2.05) is 6.07 Å². The van der Waals surface area contributed by atoms with Gasteiger partial charge in [-0.15, -0.1) is 0 Å². The van der Waals surface area contributed by atoms with Crippen molar-refractivity contribution in [3.63, 3.8) is 0 Å². The molecule has 0 saturated carbocycles. The van der Waals surface area contributed by atoms with Gasteiger partial charge in [-0.05, 0) is 37.9 Å². The van der Waals surface area contributed by atoms with Crippen LogP contribution in [0.15, 0.2) is 33.6 Å². The minimum Gasteiger partial charge on any atom is -0.396 e. The lowest BCUT2D eigenvalue weighted by atomic mass is 10.4. The molecule has 2 rings (SSSR count). The maximum atomic E-state index is 5.57. The zero-order valence-corrected chi connectivity index (χ0v) is 12.1. The molecule has 0 spiro atoms. The van der Waals surface area contributed by atoms with Crippen LogP contribution >= 0.6 is 31.9 Å². The van der Waals surface area contributed by atoms with Crippen LogP contribution in [0.2, 0.25) is 0 Å². The van der Waals surface area contributed by atoms with E-state index in [2.05, 4.69) is 47.3 Å². The van der Waals surface area contributed by atoms with Gasteiger partial charge in [0.15, 0.2) is 0 Å². The second kappa shape index (κ2) is 5.50. The molecule has 7 heteroatoms. The first kappa shape index (κ1) is 12.4. The van der Waals surface area contributed by atoms with Gasteiger partial charge in [0.2, 0.25) is 0 Å². The number of pyridine rings is 1. The van der Waals surface area contributed by atoms with Crippen LogP contribution in [0.3, 0.4) is 0 Å². The van der Waals surface area contributed by atoms with E-state index in [1.165, 1.54) is 0 Å². The fourth-order valence-corrected chi connectivity index (χ4v) is 2.46. The molecule has 0 aliphatic heterocycles. The number of hydrogen-bond acceptors (Lipinski definition) is 4. The smallest absolute Gasteiger partial charge is 0.140 e. The zero-order chi connectivity index (χ0) is 12.3. The van der Waals surface area contributed by atoms with Crippen LogP contribution in [0.4, 0.5) is 11.5 Å². The van der Waals surface area contributed by atoms with Crippen LogP contribution in [0.5, 0.6) is 0 Å². The first-order valence-electron chi connectivity index (χ1n) is 4.98. The number of halogens is 2. The molecule has 0 amide bonds. The highest BCUT2D eigenvalue weighted by molar-refractivity contribution is 9.11. The summed E-state index contributed by atoms with van der Waals surface area (Å²) in [7, 11) is 0. The highest BCUT2D eigenvalue weighted by atomic mass is 79.9. The van der Waals surface area contributed by atoms with E-state index in [-0.39, 0.29) is 0 Å². The fourth-order valence-electron chi connectivity index (χ4n) is 1.34. The third kappa shape index (κ3) is 3.44. The highest BCUT2D eigenvalue weighted by Gasteiger charge is 2.01. The summed E-state index contributed by atoms with van der Waals surface area (Å²) in [6.45, 7) is 1.47. The summed E-state index contributed by atoms with van der Waals surface area (Å²) in [4.78, 5) is 4.25. The van der Waals surface area contributed by atoms with E-state index in [1.54, 1.807) is 23.3 Å². The molecule has 0 unspecified atom stereocenters. The summed E-state index contributed by atoms with van der Waals surface area (Å²) in [5.74, 6) is 0.813. The van der Waals surface area contributed by atoms with Gasteiger partial charge < -0.3 is 11.1 Å². The number of rotatable bonds is 4. The Morgan fingerprint density at radius 3 is 2.82 bits per heavy atom. The van der Waals surface area contributed by atoms with E-state index in [0.29, 0.717) is 5.69 Å². The minimum absolute atomic E-state index is 0.674. The van der Waals surface area contributed by atoms with Crippen LogP contribution in [0, 0.1) is 0 Å². The van der Waals surface area contributed by atoms with Crippen molar-refractivity contribution in [1.29, 1.82) is 0 Å². The molecule has 3 N–H and O–H groups in total. The number of anilines is 2. The summed E-state index contributed by atoms with van der Waals surface area (Å²) in [6, 6.07) is 1.95. The Bertz CT molecular complexity index is 511. The normalized spacial score (nSPS) is 10.5. The van der Waals surface area contributed by atoms with Crippen LogP contribution < -0.4 is 11.1 Å². The third-order valence-electron chi connectivity index (χ3n) is 2.09. The van der Waals surface area contributed by atoms with Crippen LogP contribution in [-0.2, 0) is 6.54 Å². The Hall–Kier alpha value is -1.08. The monoisotopic (exact) mass is 359 g/mol. The van der Waals surface area contributed by atoms with Crippen LogP contribution in [0.1, 0.15) is 0 Å². The number of nitrogen functional groups attached to an aromatic ring is 1. The molecular weight excluding hydrogens is 350 g/mol. The molecule has 17 heavy (non-hydrogen) atoms. The number of hydrogen-bond donors (Lipinski definition) is 2. The molecule has 0 aromatic carbocycles. The Labute approximate surface area is 116 Å². The molecule has 2 heterocycles. The number of aromatic nitrogens is 3. The van der Waals surface area contributed by atoms with Gasteiger partial charge in [0.1, 0.15) is 5.82 Å². The van der Waals surface area contributed by atoms with Crippen molar-refractivity contribution in [3.8, 4) is 0 Å². The van der Waals surface area contributed by atoms with E-state index < -0.39 is 0 Å². The molecule has 0 aliphatic carbocycles. The van der Waals surface area contributed by atoms with E-state index in [9.17, 15) is 0 Å². The summed E-state index contributed by atoms with van der Waals surface area (Å²) in [6.07, 6.45) is 5.18. The lowest BCUT2D eigenvalue weighted by molar-refractivity contribution is 0.637. The molecule has 5 nitrogen and oxygen atoms in total. The lowest BCUT2D eigenvalue weighted by Gasteiger charge is -2.07. The maximum Gasteiger partial charge on any atom is 0.140 e. The first-order chi connectivity index (χ1) is 8.15. The topological polar surface area (TPSA) is 68.8 Å². The first-order valence-corrected chi connectivity index (χ1v) is 6.56. The summed E-state index contributed by atoms with van der Waals surface area (Å²) in [5.41, 5.74) is 6.25. The summed E-state index contributed by atoms with van der Waals surface area (Å²) in [5, 5.41) is 7.31. The standard InChI is InChI=1S/C10H11Br2N5/c11-7-3-9(12)10(15-4-7)14-1-2-17-6-8(13)5-16-17/h3-6H,1-2,13H2,(H,14,15). The maximum absolute atomic E-state index is 5.57. The number of nitrogens with one attached hydrogen (secondary N) is 1. The molecule has 0 bridgehead atoms. The molecule has 0 fully saturated rings. The molecule has 0 radical (unpaired) electrons. The van der Waals surface area contributed by atoms with Gasteiger partial charge in [0, 0.05) is 23.4 Å². The third-order valence-corrected chi connectivity index (χ3v) is 3.13. The van der Waals surface area contributed by atoms with Gasteiger partial charge in [-0.1, -0.05) is 0 Å². The van der Waals surface area contributed by atoms with Crippen molar-refractivity contribution in [2.75, 3.05) is 17.6 Å². The van der Waals surface area contributed by atoms with E-state index in [4.69, 9.17) is 5.73 Å². The van der Waals surface area contributed by atoms with Crippen molar-refractivity contribution < 1.29 is 0 Å². The molecule has 90 valence electrons. The molecule has 2 aromatic rings. The van der Waals surface area contributed by atoms with E-state index in [0.717, 1.165) is 27.9 Å². The van der Waals surface area contributed by atoms with Crippen molar-refractivity contribution >= 4 is 43.4 Å². The zero-order valence-electron chi connectivity index (χ0n) is 8.90. The molecule has 2 aromatic heterocycles. The average molecular weight is 361 g/mol. The van der Waals surface area contributed by atoms with Crippen molar-refractivity contribution in [2.45, 2.75) is 6.54 Å². The highest BCUT2D eigenvalue weighted by Crippen LogP contribution is 2.23. The van der Waals surface area contributed by atoms with Crippen molar-refractivity contribution in [1.82, 2.24) is 14.8 Å². The van der Waals surface area contributed by atoms with Gasteiger partial charge in [0.05, 0.1) is 22.9 Å². The van der Waals surface area contributed by atoms with Gasteiger partial charge in [-0.2, -0.15) is 5.10 Å². The Morgan fingerprint density at radius 1 is 1.35 bits per heavy atom. The average Bonchev–Trinajstić information content (AvgIpc) is 2.68. The molecule has 0 saturated heterocycles. The van der Waals surface area contributed by atoms with Gasteiger partial charge in [-0.3, -0.25) is 4.68 Å². The predicted octanol–water partition coefficient (Wildman–Crippen LogP) is 2.50. The lowest BCUT2D eigenvalue weighted by Crippen LogP contribution is -2.11. The SMILES string of the molecule is Nc1cnn(CCNc2ncc(Br)cc2Br)c1. The molecular formula is C10H11Br2N5. The van der Waals surface area contributed by atoms with E-state index >= 15 is 0 Å². The van der Waals surface area contributed by atoms with Gasteiger partial charge >= 0.3 is 0 Å². The second-order valence-corrected chi connectivity index (χ2v) is 5.22.